The molecule has 1 fully saturated rings. The Bertz CT molecular complexity index is 411. The summed E-state index contributed by atoms with van der Waals surface area (Å²) in [4.78, 5) is 0. The van der Waals surface area contributed by atoms with Gasteiger partial charge in [-0.1, -0.05) is 25.3 Å². The summed E-state index contributed by atoms with van der Waals surface area (Å²) in [6.07, 6.45) is 6.16. The van der Waals surface area contributed by atoms with Gasteiger partial charge in [-0.15, -0.1) is 0 Å². The van der Waals surface area contributed by atoms with Gasteiger partial charge in [0.05, 0.1) is 13.7 Å². The minimum Gasteiger partial charge on any atom is -0.497 e. The van der Waals surface area contributed by atoms with E-state index < -0.39 is 0 Å². The fourth-order valence-electron chi connectivity index (χ4n) is 3.15. The van der Waals surface area contributed by atoms with E-state index in [1.165, 1.54) is 24.8 Å². The topological polar surface area (TPSA) is 44.5 Å². The number of ether oxygens (including phenoxy) is 2. The second-order valence-electron chi connectivity index (χ2n) is 5.34. The molecule has 1 aliphatic carbocycles. The molecule has 0 bridgehead atoms. The Morgan fingerprint density at radius 3 is 2.53 bits per heavy atom. The zero-order valence-corrected chi connectivity index (χ0v) is 12.1. The summed E-state index contributed by atoms with van der Waals surface area (Å²) in [5.74, 6) is 1.78. The van der Waals surface area contributed by atoms with Crippen molar-refractivity contribution in [2.24, 2.45) is 5.73 Å². The number of benzene rings is 1. The predicted molar refractivity (Wildman–Crippen MR) is 78.0 cm³/mol. The van der Waals surface area contributed by atoms with E-state index in [4.69, 9.17) is 15.2 Å². The van der Waals surface area contributed by atoms with Gasteiger partial charge >= 0.3 is 0 Å². The van der Waals surface area contributed by atoms with Gasteiger partial charge in [0.1, 0.15) is 11.5 Å². The second kappa shape index (κ2) is 6.29. The van der Waals surface area contributed by atoms with Gasteiger partial charge < -0.3 is 15.2 Å². The molecule has 0 heterocycles. The van der Waals surface area contributed by atoms with E-state index in [1.807, 2.05) is 19.1 Å². The Hall–Kier alpha value is -1.22. The molecule has 3 heteroatoms. The van der Waals surface area contributed by atoms with E-state index in [2.05, 4.69) is 6.07 Å². The van der Waals surface area contributed by atoms with E-state index in [0.717, 1.165) is 24.3 Å². The predicted octanol–water partition coefficient (Wildman–Crippen LogP) is 3.25. The lowest BCUT2D eigenvalue weighted by molar-refractivity contribution is 0.275. The highest BCUT2D eigenvalue weighted by molar-refractivity contribution is 5.45. The van der Waals surface area contributed by atoms with Crippen molar-refractivity contribution in [2.75, 3.05) is 20.3 Å². The van der Waals surface area contributed by atoms with Gasteiger partial charge in [0.15, 0.2) is 0 Å². The van der Waals surface area contributed by atoms with E-state index in [1.54, 1.807) is 7.11 Å². The summed E-state index contributed by atoms with van der Waals surface area (Å²) in [7, 11) is 1.68. The summed E-state index contributed by atoms with van der Waals surface area (Å²) >= 11 is 0. The summed E-state index contributed by atoms with van der Waals surface area (Å²) in [6, 6.07) is 6.15. The minimum absolute atomic E-state index is 0.0923. The molecule has 0 atom stereocenters. The third-order valence-corrected chi connectivity index (χ3v) is 4.26. The Morgan fingerprint density at radius 1 is 1.21 bits per heavy atom. The van der Waals surface area contributed by atoms with Crippen molar-refractivity contribution in [2.45, 2.75) is 44.4 Å². The van der Waals surface area contributed by atoms with Crippen LogP contribution in [0.2, 0.25) is 0 Å². The van der Waals surface area contributed by atoms with Crippen molar-refractivity contribution in [1.82, 2.24) is 0 Å². The molecule has 1 saturated carbocycles. The summed E-state index contributed by atoms with van der Waals surface area (Å²) < 4.78 is 11.1. The van der Waals surface area contributed by atoms with E-state index >= 15 is 0 Å². The highest BCUT2D eigenvalue weighted by Gasteiger charge is 2.35. The Morgan fingerprint density at radius 2 is 1.95 bits per heavy atom. The maximum absolute atomic E-state index is 6.12. The molecule has 1 aliphatic rings. The lowest BCUT2D eigenvalue weighted by Crippen LogP contribution is -2.37. The lowest BCUT2D eigenvalue weighted by atomic mass is 9.69. The lowest BCUT2D eigenvalue weighted by Gasteiger charge is -2.37. The van der Waals surface area contributed by atoms with Crippen LogP contribution in [0.4, 0.5) is 0 Å². The van der Waals surface area contributed by atoms with Crippen molar-refractivity contribution < 1.29 is 9.47 Å². The first-order chi connectivity index (χ1) is 9.25. The van der Waals surface area contributed by atoms with Gasteiger partial charge in [-0.2, -0.15) is 0 Å². The molecular weight excluding hydrogens is 238 g/mol. The molecule has 0 unspecified atom stereocenters. The summed E-state index contributed by atoms with van der Waals surface area (Å²) in [6.45, 7) is 3.37. The van der Waals surface area contributed by atoms with Crippen LogP contribution in [0, 0.1) is 0 Å². The first-order valence-electron chi connectivity index (χ1n) is 7.27. The number of rotatable bonds is 5. The normalized spacial score (nSPS) is 18.1. The van der Waals surface area contributed by atoms with Crippen LogP contribution in [-0.4, -0.2) is 20.3 Å². The van der Waals surface area contributed by atoms with Gasteiger partial charge in [0, 0.05) is 23.6 Å². The monoisotopic (exact) mass is 263 g/mol. The molecule has 19 heavy (non-hydrogen) atoms. The van der Waals surface area contributed by atoms with Crippen LogP contribution in [-0.2, 0) is 5.41 Å². The van der Waals surface area contributed by atoms with E-state index in [9.17, 15) is 0 Å². The van der Waals surface area contributed by atoms with Gasteiger partial charge in [-0.05, 0) is 25.8 Å². The highest BCUT2D eigenvalue weighted by Crippen LogP contribution is 2.43. The molecule has 2 N–H and O–H groups in total. The first-order valence-corrected chi connectivity index (χ1v) is 7.27. The van der Waals surface area contributed by atoms with Crippen molar-refractivity contribution >= 4 is 0 Å². The molecule has 0 saturated heterocycles. The van der Waals surface area contributed by atoms with Crippen molar-refractivity contribution in [1.29, 1.82) is 0 Å². The fraction of sp³-hybridized carbons (Fsp3) is 0.625. The summed E-state index contributed by atoms with van der Waals surface area (Å²) in [5.41, 5.74) is 7.47. The molecule has 0 aliphatic heterocycles. The third-order valence-electron chi connectivity index (χ3n) is 4.26. The third kappa shape index (κ3) is 2.86. The van der Waals surface area contributed by atoms with Gasteiger partial charge in [0.2, 0.25) is 0 Å². The molecule has 0 radical (unpaired) electrons. The van der Waals surface area contributed by atoms with Crippen molar-refractivity contribution in [3.8, 4) is 11.5 Å². The largest absolute Gasteiger partial charge is 0.497 e. The molecule has 3 nitrogen and oxygen atoms in total. The van der Waals surface area contributed by atoms with Crippen LogP contribution in [0.15, 0.2) is 18.2 Å². The first kappa shape index (κ1) is 14.2. The average Bonchev–Trinajstić information content (AvgIpc) is 2.48. The second-order valence-corrected chi connectivity index (χ2v) is 5.34. The Labute approximate surface area is 116 Å². The quantitative estimate of drug-likeness (QED) is 0.887. The molecule has 2 rings (SSSR count). The highest BCUT2D eigenvalue weighted by atomic mass is 16.5. The molecule has 1 aromatic rings. The van der Waals surface area contributed by atoms with E-state index in [-0.39, 0.29) is 5.41 Å². The molecule has 1 aromatic carbocycles. The molecule has 106 valence electrons. The van der Waals surface area contributed by atoms with Gasteiger partial charge in [-0.3, -0.25) is 0 Å². The Kier molecular flexibility index (Phi) is 4.70. The van der Waals surface area contributed by atoms with Crippen LogP contribution in [0.3, 0.4) is 0 Å². The van der Waals surface area contributed by atoms with Crippen LogP contribution < -0.4 is 15.2 Å². The maximum atomic E-state index is 6.12. The zero-order chi connectivity index (χ0) is 13.7. The van der Waals surface area contributed by atoms with Crippen LogP contribution in [0.5, 0.6) is 11.5 Å². The molecule has 0 spiro atoms. The SMILES string of the molecule is CCOc1cc(OC)ccc1C1(CN)CCCCC1. The molecular formula is C16H25NO2. The van der Waals surface area contributed by atoms with Crippen molar-refractivity contribution in [3.63, 3.8) is 0 Å². The van der Waals surface area contributed by atoms with Crippen LogP contribution >= 0.6 is 0 Å². The summed E-state index contributed by atoms with van der Waals surface area (Å²) in [5, 5.41) is 0. The number of hydrogen-bond acceptors (Lipinski definition) is 3. The van der Waals surface area contributed by atoms with Crippen LogP contribution in [0.25, 0.3) is 0 Å². The smallest absolute Gasteiger partial charge is 0.126 e. The van der Waals surface area contributed by atoms with Gasteiger partial charge in [-0.25, -0.2) is 0 Å². The molecule has 0 amide bonds. The standard InChI is InChI=1S/C16H25NO2/c1-3-19-15-11-13(18-2)7-8-14(15)16(12-17)9-5-4-6-10-16/h7-8,11H,3-6,9-10,12,17H2,1-2H3. The van der Waals surface area contributed by atoms with Gasteiger partial charge in [0.25, 0.3) is 0 Å². The molecule has 0 aromatic heterocycles. The maximum Gasteiger partial charge on any atom is 0.126 e. The minimum atomic E-state index is 0.0923. The van der Waals surface area contributed by atoms with Crippen molar-refractivity contribution in [3.05, 3.63) is 23.8 Å². The zero-order valence-electron chi connectivity index (χ0n) is 12.1. The fourth-order valence-corrected chi connectivity index (χ4v) is 3.15. The number of hydrogen-bond donors (Lipinski definition) is 1. The number of nitrogens with two attached hydrogens (primary N) is 1. The Balaban J connectivity index is 2.40. The van der Waals surface area contributed by atoms with E-state index in [0.29, 0.717) is 13.2 Å². The average molecular weight is 263 g/mol. The number of methoxy groups -OCH3 is 1. The van der Waals surface area contributed by atoms with Crippen LogP contribution in [0.1, 0.15) is 44.6 Å².